The second-order valence-electron chi connectivity index (χ2n) is 8.78. The fourth-order valence-corrected chi connectivity index (χ4v) is 4.21. The molecule has 5 heteroatoms. The normalized spacial score (nSPS) is 17.7. The molecule has 5 nitrogen and oxygen atoms in total. The van der Waals surface area contributed by atoms with Crippen LogP contribution in [0.4, 0.5) is 0 Å². The molecule has 29 heavy (non-hydrogen) atoms. The summed E-state index contributed by atoms with van der Waals surface area (Å²) in [5, 5.41) is 18.3. The molecule has 0 fully saturated rings. The number of rotatable bonds is 5. The molecular weight excluding hydrogens is 362 g/mol. The number of aromatic nitrogens is 2. The molecule has 0 saturated carbocycles. The number of nitrogens with one attached hydrogen (secondary N) is 1. The maximum Gasteiger partial charge on any atom is 0.160 e. The van der Waals surface area contributed by atoms with Gasteiger partial charge in [-0.15, -0.1) is 0 Å². The van der Waals surface area contributed by atoms with Gasteiger partial charge in [0.1, 0.15) is 0 Å². The van der Waals surface area contributed by atoms with Crippen LogP contribution < -0.4 is 10.1 Å². The molecule has 2 aromatic carbocycles. The van der Waals surface area contributed by atoms with E-state index < -0.39 is 0 Å². The summed E-state index contributed by atoms with van der Waals surface area (Å²) in [5.74, 6) is 0.665. The summed E-state index contributed by atoms with van der Waals surface area (Å²) in [7, 11) is 1.57. The van der Waals surface area contributed by atoms with E-state index >= 15 is 0 Å². The minimum absolute atomic E-state index is 0.164. The average molecular weight is 392 g/mol. The Morgan fingerprint density at radius 2 is 1.97 bits per heavy atom. The van der Waals surface area contributed by atoms with Crippen LogP contribution in [0.3, 0.4) is 0 Å². The van der Waals surface area contributed by atoms with Crippen LogP contribution in [0.1, 0.15) is 48.7 Å². The highest BCUT2D eigenvalue weighted by atomic mass is 16.5. The summed E-state index contributed by atoms with van der Waals surface area (Å²) in [6, 6.07) is 14.2. The molecule has 3 aromatic rings. The van der Waals surface area contributed by atoms with E-state index in [0.29, 0.717) is 12.3 Å². The van der Waals surface area contributed by atoms with Crippen LogP contribution in [0.5, 0.6) is 11.5 Å². The Kier molecular flexibility index (Phi) is 5.09. The highest BCUT2D eigenvalue weighted by Crippen LogP contribution is 2.41. The number of phenols is 1. The smallest absolute Gasteiger partial charge is 0.160 e. The van der Waals surface area contributed by atoms with Gasteiger partial charge in [0.05, 0.1) is 19.0 Å². The number of aryl methyl sites for hydroxylation is 1. The van der Waals surface area contributed by atoms with E-state index in [1.54, 1.807) is 13.2 Å². The van der Waals surface area contributed by atoms with Crippen molar-refractivity contribution < 1.29 is 9.84 Å². The van der Waals surface area contributed by atoms with E-state index in [4.69, 9.17) is 9.84 Å². The third-order valence-electron chi connectivity index (χ3n) is 5.75. The van der Waals surface area contributed by atoms with Gasteiger partial charge in [-0.25, -0.2) is 4.68 Å². The van der Waals surface area contributed by atoms with Gasteiger partial charge in [0.2, 0.25) is 0 Å². The molecule has 4 rings (SSSR count). The topological polar surface area (TPSA) is 59.3 Å². The summed E-state index contributed by atoms with van der Waals surface area (Å²) in [6.45, 7) is 7.44. The van der Waals surface area contributed by atoms with Crippen molar-refractivity contribution >= 4 is 0 Å². The zero-order valence-electron chi connectivity index (χ0n) is 17.6. The van der Waals surface area contributed by atoms with E-state index in [1.165, 1.54) is 16.8 Å². The summed E-state index contributed by atoms with van der Waals surface area (Å²) in [6.07, 6.45) is 4.07. The first-order valence-corrected chi connectivity index (χ1v) is 10.1. The quantitative estimate of drug-likeness (QED) is 0.662. The largest absolute Gasteiger partial charge is 0.504 e. The average Bonchev–Trinajstić information content (AvgIpc) is 3.10. The fraction of sp³-hybridized carbons (Fsp3) is 0.375. The lowest BCUT2D eigenvalue weighted by molar-refractivity contribution is 0.252. The van der Waals surface area contributed by atoms with Crippen LogP contribution in [-0.4, -0.2) is 22.0 Å². The molecule has 2 N–H and O–H groups in total. The van der Waals surface area contributed by atoms with Crippen LogP contribution in [0.15, 0.2) is 48.7 Å². The lowest BCUT2D eigenvalue weighted by Crippen LogP contribution is -2.33. The molecule has 1 aliphatic carbocycles. The van der Waals surface area contributed by atoms with Crippen LogP contribution in [-0.2, 0) is 13.0 Å². The molecule has 1 unspecified atom stereocenters. The van der Waals surface area contributed by atoms with Gasteiger partial charge in [-0.1, -0.05) is 37.6 Å². The van der Waals surface area contributed by atoms with Crippen LogP contribution in [0.2, 0.25) is 0 Å². The summed E-state index contributed by atoms with van der Waals surface area (Å²) in [5.41, 5.74) is 6.17. The maximum absolute atomic E-state index is 9.82. The zero-order chi connectivity index (χ0) is 20.6. The number of nitrogens with zero attached hydrogens (tertiary/aromatic N) is 2. The van der Waals surface area contributed by atoms with E-state index in [9.17, 15) is 5.11 Å². The number of ether oxygens (including phenoxy) is 1. The van der Waals surface area contributed by atoms with Gasteiger partial charge in [0, 0.05) is 23.8 Å². The van der Waals surface area contributed by atoms with Crippen molar-refractivity contribution in [2.45, 2.75) is 46.2 Å². The van der Waals surface area contributed by atoms with Crippen molar-refractivity contribution in [3.63, 3.8) is 0 Å². The van der Waals surface area contributed by atoms with Gasteiger partial charge in [-0.2, -0.15) is 5.10 Å². The predicted octanol–water partition coefficient (Wildman–Crippen LogP) is 4.70. The zero-order valence-corrected chi connectivity index (χ0v) is 17.6. The van der Waals surface area contributed by atoms with Crippen molar-refractivity contribution in [1.29, 1.82) is 0 Å². The Morgan fingerprint density at radius 3 is 2.69 bits per heavy atom. The van der Waals surface area contributed by atoms with Crippen molar-refractivity contribution in [3.05, 3.63) is 71.0 Å². The van der Waals surface area contributed by atoms with Crippen molar-refractivity contribution in [2.75, 3.05) is 7.11 Å². The van der Waals surface area contributed by atoms with Crippen LogP contribution >= 0.6 is 0 Å². The predicted molar refractivity (Wildman–Crippen MR) is 115 cm³/mol. The van der Waals surface area contributed by atoms with Gasteiger partial charge >= 0.3 is 0 Å². The van der Waals surface area contributed by atoms with Crippen molar-refractivity contribution in [2.24, 2.45) is 5.41 Å². The lowest BCUT2D eigenvalue weighted by Gasteiger charge is -2.36. The molecular formula is C24H29N3O2. The van der Waals surface area contributed by atoms with Gasteiger partial charge in [-0.3, -0.25) is 0 Å². The lowest BCUT2D eigenvalue weighted by atomic mass is 9.74. The SMILES string of the molecule is COc1cc(CNC2CC(C)(C)Cc3c2cnn3-c2ccc(C)cc2)ccc1O. The first-order chi connectivity index (χ1) is 13.9. The van der Waals surface area contributed by atoms with Gasteiger partial charge in [0.25, 0.3) is 0 Å². The van der Waals surface area contributed by atoms with E-state index in [-0.39, 0.29) is 17.2 Å². The summed E-state index contributed by atoms with van der Waals surface area (Å²) < 4.78 is 7.33. The summed E-state index contributed by atoms with van der Waals surface area (Å²) >= 11 is 0. The fourth-order valence-electron chi connectivity index (χ4n) is 4.21. The molecule has 152 valence electrons. The first-order valence-electron chi connectivity index (χ1n) is 10.1. The second kappa shape index (κ2) is 7.56. The Bertz CT molecular complexity index is 1010. The van der Waals surface area contributed by atoms with Crippen LogP contribution in [0.25, 0.3) is 5.69 Å². The Hall–Kier alpha value is -2.79. The minimum atomic E-state index is 0.164. The molecule has 0 amide bonds. The molecule has 0 aliphatic heterocycles. The van der Waals surface area contributed by atoms with Crippen molar-refractivity contribution in [3.8, 4) is 17.2 Å². The highest BCUT2D eigenvalue weighted by Gasteiger charge is 2.35. The maximum atomic E-state index is 9.82. The van der Waals surface area contributed by atoms with Gasteiger partial charge in [-0.05, 0) is 55.0 Å². The molecule has 0 radical (unpaired) electrons. The summed E-state index contributed by atoms with van der Waals surface area (Å²) in [4.78, 5) is 0. The second-order valence-corrected chi connectivity index (χ2v) is 8.78. The molecule has 1 atom stereocenters. The minimum Gasteiger partial charge on any atom is -0.504 e. The Balaban J connectivity index is 1.60. The number of hydrogen-bond donors (Lipinski definition) is 2. The monoisotopic (exact) mass is 391 g/mol. The first kappa shape index (κ1) is 19.5. The van der Waals surface area contributed by atoms with E-state index in [2.05, 4.69) is 55.0 Å². The Morgan fingerprint density at radius 1 is 1.21 bits per heavy atom. The molecule has 0 spiro atoms. The third-order valence-corrected chi connectivity index (χ3v) is 5.75. The van der Waals surface area contributed by atoms with Crippen molar-refractivity contribution in [1.82, 2.24) is 15.1 Å². The Labute approximate surface area is 172 Å². The van der Waals surface area contributed by atoms with Gasteiger partial charge in [0.15, 0.2) is 11.5 Å². The van der Waals surface area contributed by atoms with Crippen LogP contribution in [0, 0.1) is 12.3 Å². The molecule has 1 heterocycles. The third kappa shape index (κ3) is 4.01. The number of phenolic OH excluding ortho intramolecular Hbond substituents is 1. The molecule has 1 aliphatic rings. The van der Waals surface area contributed by atoms with E-state index in [0.717, 1.165) is 24.1 Å². The number of methoxy groups -OCH3 is 1. The van der Waals surface area contributed by atoms with Gasteiger partial charge < -0.3 is 15.2 Å². The number of hydrogen-bond acceptors (Lipinski definition) is 4. The van der Waals surface area contributed by atoms with E-state index in [1.807, 2.05) is 18.3 Å². The highest BCUT2D eigenvalue weighted by molar-refractivity contribution is 5.42. The standard InChI is InChI=1S/C24H29N3O2/c1-16-5-8-18(9-6-16)27-21-13-24(2,3)12-20(19(21)15-26-27)25-14-17-7-10-22(28)23(11-17)29-4/h5-11,15,20,25,28H,12-14H2,1-4H3. The number of fused-ring (bicyclic) bond motifs is 1. The number of aromatic hydroxyl groups is 1. The molecule has 1 aromatic heterocycles. The molecule has 0 saturated heterocycles. The molecule has 0 bridgehead atoms. The number of benzene rings is 2.